The highest BCUT2D eigenvalue weighted by Crippen LogP contribution is 2.25. The molecule has 4 nitrogen and oxygen atoms in total. The molecule has 0 aliphatic rings. The summed E-state index contributed by atoms with van der Waals surface area (Å²) in [4.78, 5) is 15.8. The van der Waals surface area contributed by atoms with Crippen molar-refractivity contribution in [2.75, 3.05) is 5.32 Å². The first-order chi connectivity index (χ1) is 7.66. The van der Waals surface area contributed by atoms with Crippen LogP contribution in [0, 0.1) is 0 Å². The fourth-order valence-electron chi connectivity index (χ4n) is 1.23. The van der Waals surface area contributed by atoms with Gasteiger partial charge in [-0.05, 0) is 18.4 Å². The standard InChI is InChI=1S/C10H10N2O2S2/c1-6(8-3-2-4-15-8)11-10-12-7(5-16-10)9(13)14/h2-6H,1H3,(H,11,12)(H,13,14). The predicted octanol–water partition coefficient (Wildman–Crippen LogP) is 3.08. The number of nitrogens with zero attached hydrogens (tertiary/aromatic N) is 1. The van der Waals surface area contributed by atoms with Crippen molar-refractivity contribution in [3.8, 4) is 0 Å². The highest BCUT2D eigenvalue weighted by atomic mass is 32.1. The van der Waals surface area contributed by atoms with Crippen LogP contribution < -0.4 is 5.32 Å². The molecular formula is C10H10N2O2S2. The number of aromatic nitrogens is 1. The molecule has 2 aromatic heterocycles. The van der Waals surface area contributed by atoms with Crippen molar-refractivity contribution in [1.29, 1.82) is 0 Å². The Hall–Kier alpha value is -1.40. The lowest BCUT2D eigenvalue weighted by atomic mass is 10.3. The van der Waals surface area contributed by atoms with Gasteiger partial charge in [-0.25, -0.2) is 9.78 Å². The summed E-state index contributed by atoms with van der Waals surface area (Å²) in [7, 11) is 0. The Morgan fingerprint density at radius 3 is 2.94 bits per heavy atom. The number of carboxylic acids is 1. The van der Waals surface area contributed by atoms with Gasteiger partial charge in [0, 0.05) is 10.3 Å². The van der Waals surface area contributed by atoms with E-state index in [1.807, 2.05) is 24.4 Å². The van der Waals surface area contributed by atoms with Gasteiger partial charge in [0.15, 0.2) is 10.8 Å². The second-order valence-corrected chi connectivity index (χ2v) is 5.06. The average molecular weight is 254 g/mol. The van der Waals surface area contributed by atoms with E-state index in [0.29, 0.717) is 5.13 Å². The molecule has 0 bridgehead atoms. The van der Waals surface area contributed by atoms with E-state index in [-0.39, 0.29) is 11.7 Å². The van der Waals surface area contributed by atoms with Crippen molar-refractivity contribution >= 4 is 33.8 Å². The number of hydrogen-bond acceptors (Lipinski definition) is 5. The van der Waals surface area contributed by atoms with Gasteiger partial charge in [-0.15, -0.1) is 22.7 Å². The minimum atomic E-state index is -0.993. The Morgan fingerprint density at radius 1 is 1.56 bits per heavy atom. The third-order valence-corrected chi connectivity index (χ3v) is 3.86. The van der Waals surface area contributed by atoms with Gasteiger partial charge in [-0.3, -0.25) is 0 Å². The smallest absolute Gasteiger partial charge is 0.355 e. The molecule has 0 saturated carbocycles. The molecule has 0 fully saturated rings. The van der Waals surface area contributed by atoms with Gasteiger partial charge < -0.3 is 10.4 Å². The summed E-state index contributed by atoms with van der Waals surface area (Å²) >= 11 is 2.97. The maximum absolute atomic E-state index is 10.6. The zero-order valence-corrected chi connectivity index (χ0v) is 10.1. The van der Waals surface area contributed by atoms with E-state index in [1.54, 1.807) is 11.3 Å². The van der Waals surface area contributed by atoms with Crippen LogP contribution in [0.15, 0.2) is 22.9 Å². The topological polar surface area (TPSA) is 62.2 Å². The first kappa shape index (κ1) is 11.1. The van der Waals surface area contributed by atoms with E-state index >= 15 is 0 Å². The van der Waals surface area contributed by atoms with Crippen LogP contribution in [0.25, 0.3) is 0 Å². The lowest BCUT2D eigenvalue weighted by molar-refractivity contribution is 0.0691. The Kier molecular flexibility index (Phi) is 3.21. The van der Waals surface area contributed by atoms with Crippen molar-refractivity contribution in [1.82, 2.24) is 4.98 Å². The van der Waals surface area contributed by atoms with Crippen LogP contribution in [0.4, 0.5) is 5.13 Å². The first-order valence-electron chi connectivity index (χ1n) is 4.65. The number of nitrogens with one attached hydrogen (secondary N) is 1. The fraction of sp³-hybridized carbons (Fsp3) is 0.200. The lowest BCUT2D eigenvalue weighted by Crippen LogP contribution is -2.05. The maximum atomic E-state index is 10.6. The highest BCUT2D eigenvalue weighted by Gasteiger charge is 2.11. The van der Waals surface area contributed by atoms with E-state index < -0.39 is 5.97 Å². The molecule has 16 heavy (non-hydrogen) atoms. The molecular weight excluding hydrogens is 244 g/mol. The Labute approximate surface area is 101 Å². The van der Waals surface area contributed by atoms with Crippen molar-refractivity contribution in [3.63, 3.8) is 0 Å². The van der Waals surface area contributed by atoms with Crippen molar-refractivity contribution in [3.05, 3.63) is 33.5 Å². The van der Waals surface area contributed by atoms with Crippen LogP contribution in [-0.4, -0.2) is 16.1 Å². The molecule has 2 N–H and O–H groups in total. The summed E-state index contributed by atoms with van der Waals surface area (Å²) in [6.07, 6.45) is 0. The molecule has 0 aliphatic carbocycles. The molecule has 0 aliphatic heterocycles. The van der Waals surface area contributed by atoms with Gasteiger partial charge in [0.2, 0.25) is 0 Å². The number of aromatic carboxylic acids is 1. The van der Waals surface area contributed by atoms with Gasteiger partial charge in [0.1, 0.15) is 0 Å². The van der Waals surface area contributed by atoms with Crippen molar-refractivity contribution in [2.24, 2.45) is 0 Å². The number of hydrogen-bond donors (Lipinski definition) is 2. The zero-order chi connectivity index (χ0) is 11.5. The quantitative estimate of drug-likeness (QED) is 0.880. The zero-order valence-electron chi connectivity index (χ0n) is 8.51. The third kappa shape index (κ3) is 2.40. The molecule has 0 aromatic carbocycles. The minimum absolute atomic E-state index is 0.0888. The summed E-state index contributed by atoms with van der Waals surface area (Å²) in [5.74, 6) is -0.993. The van der Waals surface area contributed by atoms with Gasteiger partial charge in [0.05, 0.1) is 6.04 Å². The maximum Gasteiger partial charge on any atom is 0.355 e. The Morgan fingerprint density at radius 2 is 2.38 bits per heavy atom. The van der Waals surface area contributed by atoms with Crippen LogP contribution >= 0.6 is 22.7 Å². The number of carboxylic acid groups (broad SMARTS) is 1. The molecule has 2 aromatic rings. The van der Waals surface area contributed by atoms with Crippen LogP contribution in [-0.2, 0) is 0 Å². The van der Waals surface area contributed by atoms with Gasteiger partial charge >= 0.3 is 5.97 Å². The number of thiophene rings is 1. The van der Waals surface area contributed by atoms with Crippen LogP contribution in [0.1, 0.15) is 28.3 Å². The minimum Gasteiger partial charge on any atom is -0.476 e. The molecule has 2 rings (SSSR count). The Bertz CT molecular complexity index is 479. The summed E-state index contributed by atoms with van der Waals surface area (Å²) < 4.78 is 0. The van der Waals surface area contributed by atoms with E-state index in [0.717, 1.165) is 0 Å². The number of rotatable bonds is 4. The van der Waals surface area contributed by atoms with E-state index in [1.165, 1.54) is 21.6 Å². The van der Waals surface area contributed by atoms with Crippen LogP contribution in [0.2, 0.25) is 0 Å². The van der Waals surface area contributed by atoms with Crippen molar-refractivity contribution in [2.45, 2.75) is 13.0 Å². The molecule has 1 unspecified atom stereocenters. The monoisotopic (exact) mass is 254 g/mol. The van der Waals surface area contributed by atoms with Crippen LogP contribution in [0.5, 0.6) is 0 Å². The van der Waals surface area contributed by atoms with Crippen molar-refractivity contribution < 1.29 is 9.90 Å². The van der Waals surface area contributed by atoms with E-state index in [4.69, 9.17) is 5.11 Å². The SMILES string of the molecule is CC(Nc1nc(C(=O)O)cs1)c1cccs1. The predicted molar refractivity (Wildman–Crippen MR) is 65.4 cm³/mol. The van der Waals surface area contributed by atoms with Gasteiger partial charge in [-0.2, -0.15) is 0 Å². The number of carbonyl (C=O) groups is 1. The summed E-state index contributed by atoms with van der Waals surface area (Å²) in [6.45, 7) is 2.02. The molecule has 2 heterocycles. The molecule has 0 saturated heterocycles. The third-order valence-electron chi connectivity index (χ3n) is 2.03. The number of anilines is 1. The van der Waals surface area contributed by atoms with Gasteiger partial charge in [-0.1, -0.05) is 6.07 Å². The second kappa shape index (κ2) is 4.63. The molecule has 0 radical (unpaired) electrons. The number of thiazole rings is 1. The second-order valence-electron chi connectivity index (χ2n) is 3.22. The van der Waals surface area contributed by atoms with E-state index in [2.05, 4.69) is 10.3 Å². The lowest BCUT2D eigenvalue weighted by Gasteiger charge is -2.09. The molecule has 1 atom stereocenters. The van der Waals surface area contributed by atoms with Gasteiger partial charge in [0.25, 0.3) is 0 Å². The highest BCUT2D eigenvalue weighted by molar-refractivity contribution is 7.14. The molecule has 0 spiro atoms. The Balaban J connectivity index is 2.06. The van der Waals surface area contributed by atoms with E-state index in [9.17, 15) is 4.79 Å². The van der Waals surface area contributed by atoms with Crippen LogP contribution in [0.3, 0.4) is 0 Å². The average Bonchev–Trinajstić information content (AvgIpc) is 2.87. The fourth-order valence-corrected chi connectivity index (χ4v) is 2.74. The molecule has 0 amide bonds. The first-order valence-corrected chi connectivity index (χ1v) is 6.41. The largest absolute Gasteiger partial charge is 0.476 e. The molecule has 84 valence electrons. The summed E-state index contributed by atoms with van der Waals surface area (Å²) in [6, 6.07) is 4.17. The molecule has 6 heteroatoms. The summed E-state index contributed by atoms with van der Waals surface area (Å²) in [5, 5.41) is 16.1. The summed E-state index contributed by atoms with van der Waals surface area (Å²) in [5.41, 5.74) is 0.0888. The normalized spacial score (nSPS) is 12.3.